The number of nitrogens with one attached hydrogen (secondary N) is 5. The maximum atomic E-state index is 14.1. The summed E-state index contributed by atoms with van der Waals surface area (Å²) in [6, 6.07) is 20.1. The summed E-state index contributed by atoms with van der Waals surface area (Å²) in [5, 5.41) is 28.3. The normalized spacial score (nSPS) is 17.1. The Morgan fingerprint density at radius 3 is 2.15 bits per heavy atom. The molecule has 366 valence electrons. The monoisotopic (exact) mass is 993 g/mol. The van der Waals surface area contributed by atoms with Crippen LogP contribution in [0.1, 0.15) is 131 Å². The van der Waals surface area contributed by atoms with Crippen molar-refractivity contribution in [3.05, 3.63) is 171 Å². The Balaban J connectivity index is 0.779. The van der Waals surface area contributed by atoms with Gasteiger partial charge in [0.25, 0.3) is 11.1 Å². The number of carbonyl (C=O) groups excluding carboxylic acids is 2. The first-order valence-corrected chi connectivity index (χ1v) is 25.3. The van der Waals surface area contributed by atoms with Crippen LogP contribution in [-0.4, -0.2) is 51.1 Å². The van der Waals surface area contributed by atoms with Gasteiger partial charge in [-0.15, -0.1) is 16.4 Å². The van der Waals surface area contributed by atoms with Crippen LogP contribution in [0.15, 0.2) is 95.0 Å². The Bertz CT molecular complexity index is 3240. The van der Waals surface area contributed by atoms with Gasteiger partial charge in [-0.25, -0.2) is 14.6 Å². The molecule has 0 bridgehead atoms. The minimum Gasteiger partial charge on any atom is -0.361 e. The zero-order chi connectivity index (χ0) is 49.5. The number of benzene rings is 3. The van der Waals surface area contributed by atoms with Crippen molar-refractivity contribution in [2.24, 2.45) is 5.92 Å². The zero-order valence-corrected chi connectivity index (χ0v) is 41.8. The van der Waals surface area contributed by atoms with E-state index in [2.05, 4.69) is 121 Å². The number of rotatable bonds is 16. The van der Waals surface area contributed by atoms with Crippen LogP contribution in [0.2, 0.25) is 5.02 Å². The Morgan fingerprint density at radius 1 is 0.803 bits per heavy atom. The average Bonchev–Trinajstić information content (AvgIpc) is 4.21. The molecule has 0 saturated heterocycles. The summed E-state index contributed by atoms with van der Waals surface area (Å²) >= 11 is 8.08. The Hall–Kier alpha value is -7.02. The van der Waals surface area contributed by atoms with Crippen molar-refractivity contribution in [1.82, 2.24) is 55.3 Å². The predicted octanol–water partition coefficient (Wildman–Crippen LogP) is 7.14. The molecule has 19 heteroatoms. The minimum absolute atomic E-state index is 0.118. The van der Waals surface area contributed by atoms with Crippen molar-refractivity contribution in [2.45, 2.75) is 117 Å². The molecule has 0 saturated carbocycles. The quantitative estimate of drug-likeness (QED) is 0.0655. The molecule has 0 radical (unpaired) electrons. The first-order chi connectivity index (χ1) is 34.3. The van der Waals surface area contributed by atoms with Crippen LogP contribution in [0.3, 0.4) is 0 Å². The lowest BCUT2D eigenvalue weighted by Gasteiger charge is -2.24. The maximum absolute atomic E-state index is 14.1. The second kappa shape index (κ2) is 20.0. The lowest BCUT2D eigenvalue weighted by molar-refractivity contribution is -0.125. The molecule has 17 nitrogen and oxygen atoms in total. The Labute approximate surface area is 419 Å². The number of aromatic nitrogens is 8. The molecule has 0 aliphatic carbocycles. The van der Waals surface area contributed by atoms with Crippen LogP contribution >= 0.6 is 22.9 Å². The highest BCUT2D eigenvalue weighted by Gasteiger charge is 2.34. The summed E-state index contributed by atoms with van der Waals surface area (Å²) < 4.78 is 4.69. The number of hydrogen-bond acceptors (Lipinski definition) is 13. The Morgan fingerprint density at radius 2 is 1.48 bits per heavy atom. The molecule has 3 aromatic carbocycles. The first-order valence-electron chi connectivity index (χ1n) is 24.1. The topological polar surface area (TPSA) is 208 Å². The SMILES string of the molecule is Cc1cc(CNc2ncc3n(c2=O)[C@H](C(=O)NC(C)c2cc(Cl)ccc2-n2cnnn2)CC3)cc(Cc2ccc([C@H](Nc3ncc4n(c3=O)[C@H](C(=O)N[C@@H](C)c3cc5c(s3)CNC5)CC4)C(C)C)cc2)c1. The van der Waals surface area contributed by atoms with Gasteiger partial charge in [0.05, 0.1) is 23.8 Å². The number of carbonyl (C=O) groups is 2. The molecule has 71 heavy (non-hydrogen) atoms. The van der Waals surface area contributed by atoms with Gasteiger partial charge in [0.15, 0.2) is 11.6 Å². The van der Waals surface area contributed by atoms with E-state index in [0.717, 1.165) is 57.0 Å². The lowest BCUT2D eigenvalue weighted by Crippen LogP contribution is -2.38. The molecule has 5 atom stereocenters. The fourth-order valence-corrected chi connectivity index (χ4v) is 11.6. The molecule has 5 N–H and O–H groups in total. The molecule has 3 aliphatic rings. The van der Waals surface area contributed by atoms with Crippen LogP contribution < -0.4 is 37.7 Å². The van der Waals surface area contributed by atoms with Gasteiger partial charge in [-0.3, -0.25) is 28.3 Å². The van der Waals surface area contributed by atoms with E-state index in [1.165, 1.54) is 21.4 Å². The molecule has 0 spiro atoms. The van der Waals surface area contributed by atoms with E-state index in [4.69, 9.17) is 11.6 Å². The van der Waals surface area contributed by atoms with Crippen LogP contribution in [0.4, 0.5) is 11.6 Å². The number of tetrazole rings is 1. The van der Waals surface area contributed by atoms with Crippen molar-refractivity contribution in [3.63, 3.8) is 0 Å². The van der Waals surface area contributed by atoms with Gasteiger partial charge in [-0.1, -0.05) is 73.5 Å². The van der Waals surface area contributed by atoms with E-state index in [-0.39, 0.29) is 52.6 Å². The van der Waals surface area contributed by atoms with Crippen molar-refractivity contribution in [3.8, 4) is 5.69 Å². The fraction of sp³-hybridized carbons (Fsp3) is 0.365. The Kier molecular flexibility index (Phi) is 13.4. The maximum Gasteiger partial charge on any atom is 0.294 e. The highest BCUT2D eigenvalue weighted by Crippen LogP contribution is 2.33. The van der Waals surface area contributed by atoms with Crippen molar-refractivity contribution in [2.75, 3.05) is 10.6 Å². The number of thiophene rings is 1. The van der Waals surface area contributed by atoms with Gasteiger partial charge >= 0.3 is 0 Å². The number of hydrogen-bond donors (Lipinski definition) is 5. The summed E-state index contributed by atoms with van der Waals surface area (Å²) in [7, 11) is 0. The van der Waals surface area contributed by atoms with Crippen molar-refractivity contribution in [1.29, 1.82) is 0 Å². The number of fused-ring (bicyclic) bond motifs is 3. The minimum atomic E-state index is -0.709. The van der Waals surface area contributed by atoms with E-state index in [9.17, 15) is 19.2 Å². The molecule has 0 fully saturated rings. The van der Waals surface area contributed by atoms with E-state index >= 15 is 0 Å². The zero-order valence-electron chi connectivity index (χ0n) is 40.2. The number of nitrogens with zero attached hydrogens (tertiary/aromatic N) is 8. The summed E-state index contributed by atoms with van der Waals surface area (Å²) in [5.41, 5.74) is 8.84. The van der Waals surface area contributed by atoms with Gasteiger partial charge in [0, 0.05) is 63.8 Å². The van der Waals surface area contributed by atoms with Crippen molar-refractivity contribution < 1.29 is 9.59 Å². The molecule has 10 rings (SSSR count). The first kappa shape index (κ1) is 47.6. The summed E-state index contributed by atoms with van der Waals surface area (Å²) in [4.78, 5) is 67.1. The van der Waals surface area contributed by atoms with Crippen LogP contribution in [0.5, 0.6) is 0 Å². The van der Waals surface area contributed by atoms with E-state index in [0.29, 0.717) is 55.1 Å². The fourth-order valence-electron chi connectivity index (χ4n) is 10.2. The number of anilines is 2. The smallest absolute Gasteiger partial charge is 0.294 e. The molecule has 1 unspecified atom stereocenters. The van der Waals surface area contributed by atoms with E-state index < -0.39 is 18.1 Å². The van der Waals surface area contributed by atoms with E-state index in [1.807, 2.05) is 13.8 Å². The summed E-state index contributed by atoms with van der Waals surface area (Å²) in [5.74, 6) is 0.0832. The average molecular weight is 995 g/mol. The number of amides is 2. The second-order valence-electron chi connectivity index (χ2n) is 19.2. The van der Waals surface area contributed by atoms with Crippen LogP contribution in [0, 0.1) is 12.8 Å². The van der Waals surface area contributed by atoms with Gasteiger partial charge in [0.1, 0.15) is 18.4 Å². The van der Waals surface area contributed by atoms with Gasteiger partial charge in [-0.2, -0.15) is 0 Å². The van der Waals surface area contributed by atoms with Crippen LogP contribution in [-0.2, 0) is 48.5 Å². The molecule has 3 aliphatic heterocycles. The third-order valence-electron chi connectivity index (χ3n) is 13.8. The third kappa shape index (κ3) is 9.88. The molecular formula is C52H56ClN13O4S. The molecule has 7 aromatic rings. The second-order valence-corrected chi connectivity index (χ2v) is 20.8. The van der Waals surface area contributed by atoms with Crippen LogP contribution in [0.25, 0.3) is 5.69 Å². The highest BCUT2D eigenvalue weighted by atomic mass is 35.5. The largest absolute Gasteiger partial charge is 0.361 e. The van der Waals surface area contributed by atoms with Crippen molar-refractivity contribution >= 4 is 46.4 Å². The third-order valence-corrected chi connectivity index (χ3v) is 15.4. The number of aryl methyl sites for hydroxylation is 3. The predicted molar refractivity (Wildman–Crippen MR) is 273 cm³/mol. The lowest BCUT2D eigenvalue weighted by atomic mass is 9.93. The molecule has 2 amide bonds. The summed E-state index contributed by atoms with van der Waals surface area (Å²) in [6.07, 6.45) is 7.72. The van der Waals surface area contributed by atoms with Gasteiger partial charge < -0.3 is 26.6 Å². The van der Waals surface area contributed by atoms with Gasteiger partial charge in [-0.05, 0) is 121 Å². The van der Waals surface area contributed by atoms with Gasteiger partial charge in [0.2, 0.25) is 11.8 Å². The molecule has 7 heterocycles. The standard InChI is InChI=1S/C52H56ClN13O4S/c1-28(2)46(61-48-52(70)66-39(25-57-48)12-15-43(66)50(68)60-31(5)44-20-36-23-54-26-45(36)71-44)35-8-6-32(7-9-35)18-33-16-29(3)17-34(19-33)22-55-47-51(69)65-38(24-56-47)11-14-42(65)49(67)59-30(4)40-21-37(53)10-13-41(40)64-27-58-62-63-64/h6-10,13,16-17,19-21,24-25,27-28,30-31,42-43,46,54H,11-12,14-15,18,22-23,26H2,1-5H3,(H,55,56)(H,57,61)(H,59,67)(H,60,68)/t30?,31-,42-,43-,46+/m0/s1. The van der Waals surface area contributed by atoms with E-state index in [1.54, 1.807) is 51.1 Å². The highest BCUT2D eigenvalue weighted by molar-refractivity contribution is 7.12. The number of halogens is 1. The molecular weight excluding hydrogens is 938 g/mol. The molecule has 4 aromatic heterocycles. The summed E-state index contributed by atoms with van der Waals surface area (Å²) in [6.45, 7) is 12.2.